The molecule has 0 fully saturated rings. The average Bonchev–Trinajstić information content (AvgIpc) is 3.35. The Labute approximate surface area is 161 Å². The lowest BCUT2D eigenvalue weighted by molar-refractivity contribution is 0.0620. The van der Waals surface area contributed by atoms with Crippen molar-refractivity contribution >= 4 is 17.2 Å². The summed E-state index contributed by atoms with van der Waals surface area (Å²) in [6.45, 7) is 2.99. The SMILES string of the molecule is CCC1c2ccsc2CCN1C(=O)c1ccc(COc2ccc(F)cc2)o1. The fraction of sp³-hybridized carbons (Fsp3) is 0.286. The van der Waals surface area contributed by atoms with E-state index in [9.17, 15) is 9.18 Å². The molecule has 0 saturated carbocycles. The van der Waals surface area contributed by atoms with Crippen LogP contribution >= 0.6 is 11.3 Å². The molecule has 1 amide bonds. The van der Waals surface area contributed by atoms with E-state index < -0.39 is 0 Å². The van der Waals surface area contributed by atoms with Gasteiger partial charge in [0.15, 0.2) is 5.76 Å². The molecule has 3 heterocycles. The van der Waals surface area contributed by atoms with Gasteiger partial charge in [-0.1, -0.05) is 6.92 Å². The minimum Gasteiger partial charge on any atom is -0.486 e. The minimum atomic E-state index is -0.311. The molecule has 4 nitrogen and oxygen atoms in total. The molecule has 3 aromatic rings. The largest absolute Gasteiger partial charge is 0.486 e. The maximum atomic E-state index is 13.0. The number of ether oxygens (including phenoxy) is 1. The van der Waals surface area contributed by atoms with Crippen molar-refractivity contribution in [3.63, 3.8) is 0 Å². The van der Waals surface area contributed by atoms with Crippen LogP contribution in [0.3, 0.4) is 0 Å². The Balaban J connectivity index is 1.45. The molecule has 1 aliphatic rings. The number of benzene rings is 1. The van der Waals surface area contributed by atoms with E-state index in [-0.39, 0.29) is 24.4 Å². The second-order valence-electron chi connectivity index (χ2n) is 6.48. The van der Waals surface area contributed by atoms with E-state index in [1.807, 2.05) is 4.90 Å². The molecular formula is C21H20FNO3S. The van der Waals surface area contributed by atoms with Gasteiger partial charge in [-0.3, -0.25) is 4.79 Å². The second-order valence-corrected chi connectivity index (χ2v) is 7.48. The number of carbonyl (C=O) groups excluding carboxylic acids is 1. The lowest BCUT2D eigenvalue weighted by Crippen LogP contribution is -2.39. The number of carbonyl (C=O) groups is 1. The Morgan fingerprint density at radius 1 is 1.26 bits per heavy atom. The van der Waals surface area contributed by atoms with Gasteiger partial charge < -0.3 is 14.1 Å². The Hall–Kier alpha value is -2.60. The molecule has 2 aromatic heterocycles. The lowest BCUT2D eigenvalue weighted by atomic mass is 9.97. The molecule has 1 atom stereocenters. The van der Waals surface area contributed by atoms with Crippen molar-refractivity contribution in [2.45, 2.75) is 32.4 Å². The van der Waals surface area contributed by atoms with E-state index >= 15 is 0 Å². The summed E-state index contributed by atoms with van der Waals surface area (Å²) in [6, 6.07) is 11.5. The molecule has 0 saturated heterocycles. The first-order valence-electron chi connectivity index (χ1n) is 9.00. The summed E-state index contributed by atoms with van der Waals surface area (Å²) < 4.78 is 24.2. The molecule has 0 spiro atoms. The van der Waals surface area contributed by atoms with E-state index in [0.29, 0.717) is 23.8 Å². The maximum absolute atomic E-state index is 13.0. The summed E-state index contributed by atoms with van der Waals surface area (Å²) >= 11 is 1.76. The normalized spacial score (nSPS) is 16.2. The number of nitrogens with zero attached hydrogens (tertiary/aromatic N) is 1. The number of halogens is 1. The van der Waals surface area contributed by atoms with Crippen LogP contribution in [0.25, 0.3) is 0 Å². The molecule has 1 aromatic carbocycles. The summed E-state index contributed by atoms with van der Waals surface area (Å²) in [7, 11) is 0. The van der Waals surface area contributed by atoms with Crippen molar-refractivity contribution in [1.29, 1.82) is 0 Å². The number of fused-ring (bicyclic) bond motifs is 1. The number of rotatable bonds is 5. The van der Waals surface area contributed by atoms with E-state index in [1.54, 1.807) is 35.6 Å². The van der Waals surface area contributed by atoms with Crippen LogP contribution in [0.15, 0.2) is 52.3 Å². The molecule has 0 aliphatic carbocycles. The monoisotopic (exact) mass is 385 g/mol. The van der Waals surface area contributed by atoms with Gasteiger partial charge >= 0.3 is 0 Å². The van der Waals surface area contributed by atoms with Gasteiger partial charge in [0.1, 0.15) is 23.9 Å². The van der Waals surface area contributed by atoms with Crippen LogP contribution in [0.4, 0.5) is 4.39 Å². The number of hydrogen-bond donors (Lipinski definition) is 0. The van der Waals surface area contributed by atoms with Crippen LogP contribution in [-0.4, -0.2) is 17.4 Å². The third-order valence-corrected chi connectivity index (χ3v) is 5.81. The first-order valence-corrected chi connectivity index (χ1v) is 9.88. The quantitative estimate of drug-likeness (QED) is 0.606. The predicted molar refractivity (Wildman–Crippen MR) is 102 cm³/mol. The van der Waals surface area contributed by atoms with Gasteiger partial charge in [0.25, 0.3) is 5.91 Å². The third-order valence-electron chi connectivity index (χ3n) is 4.81. The topological polar surface area (TPSA) is 42.7 Å². The Morgan fingerprint density at radius 3 is 2.85 bits per heavy atom. The Bertz CT molecular complexity index is 931. The molecule has 1 unspecified atom stereocenters. The summed E-state index contributed by atoms with van der Waals surface area (Å²) in [5.41, 5.74) is 1.26. The van der Waals surface area contributed by atoms with Crippen LogP contribution in [0.5, 0.6) is 5.75 Å². The number of furan rings is 1. The van der Waals surface area contributed by atoms with Gasteiger partial charge in [-0.2, -0.15) is 0 Å². The molecule has 0 bridgehead atoms. The van der Waals surface area contributed by atoms with Gasteiger partial charge in [0, 0.05) is 11.4 Å². The van der Waals surface area contributed by atoms with Gasteiger partial charge in [0.05, 0.1) is 6.04 Å². The zero-order valence-corrected chi connectivity index (χ0v) is 15.8. The second kappa shape index (κ2) is 7.56. The minimum absolute atomic E-state index is 0.0910. The first kappa shape index (κ1) is 17.8. The van der Waals surface area contributed by atoms with Crippen LogP contribution < -0.4 is 4.74 Å². The predicted octanol–water partition coefficient (Wildman–Crippen LogP) is 5.21. The third kappa shape index (κ3) is 3.62. The smallest absolute Gasteiger partial charge is 0.290 e. The highest BCUT2D eigenvalue weighted by Gasteiger charge is 2.32. The zero-order chi connectivity index (χ0) is 18.8. The molecule has 27 heavy (non-hydrogen) atoms. The van der Waals surface area contributed by atoms with Crippen molar-refractivity contribution in [3.05, 3.63) is 75.6 Å². The number of hydrogen-bond acceptors (Lipinski definition) is 4. The number of amides is 1. The average molecular weight is 385 g/mol. The summed E-state index contributed by atoms with van der Waals surface area (Å²) in [5.74, 6) is 1.03. The fourth-order valence-electron chi connectivity index (χ4n) is 3.48. The van der Waals surface area contributed by atoms with Crippen molar-refractivity contribution < 1.29 is 18.3 Å². The van der Waals surface area contributed by atoms with Crippen LogP contribution in [0.1, 0.15) is 46.1 Å². The highest BCUT2D eigenvalue weighted by Crippen LogP contribution is 2.36. The molecule has 0 radical (unpaired) electrons. The Morgan fingerprint density at radius 2 is 2.07 bits per heavy atom. The molecule has 6 heteroatoms. The van der Waals surface area contributed by atoms with Crippen molar-refractivity contribution in [3.8, 4) is 5.75 Å². The highest BCUT2D eigenvalue weighted by atomic mass is 32.1. The fourth-order valence-corrected chi connectivity index (χ4v) is 4.41. The van der Waals surface area contributed by atoms with Crippen molar-refractivity contribution in [2.75, 3.05) is 6.54 Å². The van der Waals surface area contributed by atoms with Crippen LogP contribution in [-0.2, 0) is 13.0 Å². The van der Waals surface area contributed by atoms with E-state index in [2.05, 4.69) is 18.4 Å². The molecule has 140 valence electrons. The van der Waals surface area contributed by atoms with Gasteiger partial charge in [-0.05, 0) is 66.2 Å². The molecular weight excluding hydrogens is 365 g/mol. The van der Waals surface area contributed by atoms with Crippen molar-refractivity contribution in [2.24, 2.45) is 0 Å². The van der Waals surface area contributed by atoms with E-state index in [4.69, 9.17) is 9.15 Å². The zero-order valence-electron chi connectivity index (χ0n) is 15.0. The van der Waals surface area contributed by atoms with Gasteiger partial charge in [-0.15, -0.1) is 11.3 Å². The van der Waals surface area contributed by atoms with Crippen LogP contribution in [0.2, 0.25) is 0 Å². The molecule has 4 rings (SSSR count). The summed E-state index contributed by atoms with van der Waals surface area (Å²) in [5, 5.41) is 2.10. The molecule has 1 aliphatic heterocycles. The lowest BCUT2D eigenvalue weighted by Gasteiger charge is -2.34. The summed E-state index contributed by atoms with van der Waals surface area (Å²) in [6.07, 6.45) is 1.76. The highest BCUT2D eigenvalue weighted by molar-refractivity contribution is 7.10. The van der Waals surface area contributed by atoms with Gasteiger partial charge in [-0.25, -0.2) is 4.39 Å². The maximum Gasteiger partial charge on any atom is 0.290 e. The summed E-state index contributed by atoms with van der Waals surface area (Å²) in [4.78, 5) is 16.3. The molecule has 0 N–H and O–H groups in total. The number of thiophene rings is 1. The Kier molecular flexibility index (Phi) is 4.99. The van der Waals surface area contributed by atoms with Crippen LogP contribution in [0, 0.1) is 5.82 Å². The first-order chi connectivity index (χ1) is 13.2. The van der Waals surface area contributed by atoms with E-state index in [0.717, 1.165) is 12.8 Å². The van der Waals surface area contributed by atoms with E-state index in [1.165, 1.54) is 22.6 Å². The van der Waals surface area contributed by atoms with Crippen molar-refractivity contribution in [1.82, 2.24) is 4.90 Å². The van der Waals surface area contributed by atoms with Gasteiger partial charge in [0.2, 0.25) is 0 Å². The standard InChI is InChI=1S/C21H20FNO3S/c1-2-18-17-10-12-27-20(17)9-11-23(18)21(24)19-8-7-16(26-19)13-25-15-5-3-14(22)4-6-15/h3-8,10,12,18H,2,9,11,13H2,1H3.